The molecule has 2 aliphatic rings. The van der Waals surface area contributed by atoms with E-state index >= 15 is 0 Å². The smallest absolute Gasteiger partial charge is 0.229 e. The third-order valence-corrected chi connectivity index (χ3v) is 4.46. The summed E-state index contributed by atoms with van der Waals surface area (Å²) in [5.74, 6) is -1.27. The second-order valence-electron chi connectivity index (χ2n) is 6.18. The van der Waals surface area contributed by atoms with Gasteiger partial charge in [-0.15, -0.1) is 0 Å². The lowest BCUT2D eigenvalue weighted by molar-refractivity contribution is -0.119. The van der Waals surface area contributed by atoms with E-state index in [-0.39, 0.29) is 29.3 Å². The molecule has 1 aliphatic carbocycles. The molecule has 2 atom stereocenters. The number of rotatable bonds is 3. The summed E-state index contributed by atoms with van der Waals surface area (Å²) in [5.41, 5.74) is 0.607. The molecule has 5 nitrogen and oxygen atoms in total. The highest BCUT2D eigenvalue weighted by molar-refractivity contribution is 5.94. The summed E-state index contributed by atoms with van der Waals surface area (Å²) in [6.45, 7) is 0.451. The molecule has 0 radical (unpaired) electrons. The molecule has 6 heteroatoms. The van der Waals surface area contributed by atoms with Gasteiger partial charge in [0.2, 0.25) is 5.91 Å². The molecule has 3 rings (SSSR count). The summed E-state index contributed by atoms with van der Waals surface area (Å²) in [6, 6.07) is 4.74. The lowest BCUT2D eigenvalue weighted by Crippen LogP contribution is -2.26. The number of amides is 1. The van der Waals surface area contributed by atoms with Gasteiger partial charge in [-0.05, 0) is 49.9 Å². The average molecular weight is 303 g/mol. The van der Waals surface area contributed by atoms with E-state index in [4.69, 9.17) is 5.26 Å². The topological polar surface area (TPSA) is 76.4 Å². The molecule has 1 aromatic rings. The van der Waals surface area contributed by atoms with Crippen molar-refractivity contribution in [2.75, 3.05) is 18.9 Å². The van der Waals surface area contributed by atoms with Crippen LogP contribution in [0.5, 0.6) is 5.75 Å². The number of carbonyl (C=O) groups is 1. The number of nitrogens with one attached hydrogen (secondary N) is 1. The van der Waals surface area contributed by atoms with Crippen molar-refractivity contribution in [3.05, 3.63) is 23.5 Å². The van der Waals surface area contributed by atoms with Crippen molar-refractivity contribution in [1.29, 1.82) is 5.26 Å². The zero-order chi connectivity index (χ0) is 15.9. The molecule has 1 aliphatic heterocycles. The van der Waals surface area contributed by atoms with Crippen molar-refractivity contribution in [2.45, 2.75) is 31.2 Å². The van der Waals surface area contributed by atoms with Crippen LogP contribution in [0.2, 0.25) is 0 Å². The molecule has 22 heavy (non-hydrogen) atoms. The van der Waals surface area contributed by atoms with E-state index < -0.39 is 5.82 Å². The van der Waals surface area contributed by atoms with Crippen LogP contribution in [0.15, 0.2) is 12.1 Å². The van der Waals surface area contributed by atoms with Crippen molar-refractivity contribution < 1.29 is 14.3 Å². The van der Waals surface area contributed by atoms with Gasteiger partial charge in [0.1, 0.15) is 11.4 Å². The largest absolute Gasteiger partial charge is 0.506 e. The summed E-state index contributed by atoms with van der Waals surface area (Å²) < 4.78 is 14.1. The van der Waals surface area contributed by atoms with Gasteiger partial charge in [0, 0.05) is 6.54 Å². The Morgan fingerprint density at radius 2 is 2.23 bits per heavy atom. The first kappa shape index (κ1) is 14.8. The SMILES string of the molecule is CN1CC(C(=O)Nc2c(O)cc(C3CC3)cc2F)CC1C#N. The van der Waals surface area contributed by atoms with Gasteiger partial charge in [-0.2, -0.15) is 5.26 Å². The molecule has 2 unspecified atom stereocenters. The van der Waals surface area contributed by atoms with Crippen LogP contribution in [0.3, 0.4) is 0 Å². The molecule has 2 fully saturated rings. The number of nitriles is 1. The van der Waals surface area contributed by atoms with E-state index in [1.165, 1.54) is 12.1 Å². The van der Waals surface area contributed by atoms with Crippen LogP contribution in [0.25, 0.3) is 0 Å². The molecular formula is C16H18FN3O2. The fourth-order valence-electron chi connectivity index (χ4n) is 2.95. The number of benzene rings is 1. The molecule has 1 saturated carbocycles. The lowest BCUT2D eigenvalue weighted by atomic mass is 10.0. The number of aromatic hydroxyl groups is 1. The van der Waals surface area contributed by atoms with E-state index in [1.807, 2.05) is 0 Å². The molecule has 2 N–H and O–H groups in total. The molecule has 0 bridgehead atoms. The standard InChI is InChI=1S/C16H18FN3O2/c1-20-8-11(4-12(20)7-18)16(22)19-15-13(17)5-10(6-14(15)21)9-2-3-9/h5-6,9,11-12,21H,2-4,8H2,1H3,(H,19,22). The Labute approximate surface area is 128 Å². The van der Waals surface area contributed by atoms with Crippen molar-refractivity contribution in [3.8, 4) is 11.8 Å². The van der Waals surface area contributed by atoms with Crippen LogP contribution in [0.1, 0.15) is 30.7 Å². The first-order chi connectivity index (χ1) is 10.5. The van der Waals surface area contributed by atoms with Gasteiger partial charge in [0.05, 0.1) is 18.0 Å². The predicted molar refractivity (Wildman–Crippen MR) is 78.8 cm³/mol. The maximum Gasteiger partial charge on any atom is 0.229 e. The van der Waals surface area contributed by atoms with Gasteiger partial charge < -0.3 is 10.4 Å². The number of phenolic OH excluding ortho intramolecular Hbond substituents is 1. The number of likely N-dealkylation sites (tertiary alicyclic amines) is 1. The van der Waals surface area contributed by atoms with E-state index in [2.05, 4.69) is 11.4 Å². The zero-order valence-corrected chi connectivity index (χ0v) is 12.3. The minimum Gasteiger partial charge on any atom is -0.506 e. The number of hydrogen-bond acceptors (Lipinski definition) is 4. The monoisotopic (exact) mass is 303 g/mol. The summed E-state index contributed by atoms with van der Waals surface area (Å²) in [7, 11) is 1.78. The fraction of sp³-hybridized carbons (Fsp3) is 0.500. The van der Waals surface area contributed by atoms with Gasteiger partial charge in [-0.25, -0.2) is 4.39 Å². The maximum absolute atomic E-state index is 14.1. The number of hydrogen-bond donors (Lipinski definition) is 2. The highest BCUT2D eigenvalue weighted by Crippen LogP contribution is 2.43. The molecule has 1 amide bonds. The summed E-state index contributed by atoms with van der Waals surface area (Å²) >= 11 is 0. The van der Waals surface area contributed by atoms with E-state index in [1.54, 1.807) is 11.9 Å². The number of phenols is 1. The summed E-state index contributed by atoms with van der Waals surface area (Å²) in [4.78, 5) is 14.0. The Kier molecular flexibility index (Phi) is 3.75. The maximum atomic E-state index is 14.1. The Morgan fingerprint density at radius 1 is 1.50 bits per heavy atom. The molecular weight excluding hydrogens is 285 g/mol. The van der Waals surface area contributed by atoms with Crippen molar-refractivity contribution in [2.24, 2.45) is 5.92 Å². The number of carbonyl (C=O) groups excluding carboxylic acids is 1. The van der Waals surface area contributed by atoms with Crippen LogP contribution in [0.4, 0.5) is 10.1 Å². The summed E-state index contributed by atoms with van der Waals surface area (Å²) in [5, 5.41) is 21.4. The molecule has 0 spiro atoms. The van der Waals surface area contributed by atoms with Gasteiger partial charge in [-0.3, -0.25) is 9.69 Å². The first-order valence-corrected chi connectivity index (χ1v) is 7.42. The van der Waals surface area contributed by atoms with Gasteiger partial charge in [0.15, 0.2) is 5.82 Å². The van der Waals surface area contributed by atoms with Gasteiger partial charge >= 0.3 is 0 Å². The average Bonchev–Trinajstić information content (AvgIpc) is 3.25. The van der Waals surface area contributed by atoms with Crippen molar-refractivity contribution in [3.63, 3.8) is 0 Å². The van der Waals surface area contributed by atoms with Crippen LogP contribution in [0, 0.1) is 23.1 Å². The molecule has 116 valence electrons. The van der Waals surface area contributed by atoms with Gasteiger partial charge in [-0.1, -0.05) is 0 Å². The number of anilines is 1. The van der Waals surface area contributed by atoms with E-state index in [0.29, 0.717) is 18.9 Å². The van der Waals surface area contributed by atoms with Crippen LogP contribution in [-0.4, -0.2) is 35.5 Å². The van der Waals surface area contributed by atoms with Crippen LogP contribution >= 0.6 is 0 Å². The third kappa shape index (κ3) is 2.77. The minimum atomic E-state index is -0.613. The van der Waals surface area contributed by atoms with Crippen LogP contribution < -0.4 is 5.32 Å². The van der Waals surface area contributed by atoms with E-state index in [0.717, 1.165) is 18.4 Å². The first-order valence-electron chi connectivity index (χ1n) is 7.42. The zero-order valence-electron chi connectivity index (χ0n) is 12.3. The Bertz CT molecular complexity index is 628. The second-order valence-corrected chi connectivity index (χ2v) is 6.18. The molecule has 0 aromatic heterocycles. The highest BCUT2D eigenvalue weighted by atomic mass is 19.1. The van der Waals surface area contributed by atoms with E-state index in [9.17, 15) is 14.3 Å². The normalized spacial score (nSPS) is 25.0. The summed E-state index contributed by atoms with van der Waals surface area (Å²) in [6.07, 6.45) is 2.43. The highest BCUT2D eigenvalue weighted by Gasteiger charge is 2.34. The second kappa shape index (κ2) is 5.58. The van der Waals surface area contributed by atoms with Crippen LogP contribution in [-0.2, 0) is 4.79 Å². The number of nitrogens with zero attached hydrogens (tertiary/aromatic N) is 2. The van der Waals surface area contributed by atoms with Crippen molar-refractivity contribution >= 4 is 11.6 Å². The predicted octanol–water partition coefficient (Wildman–Crippen LogP) is 2.19. The molecule has 1 aromatic carbocycles. The third-order valence-electron chi connectivity index (χ3n) is 4.46. The molecule has 1 saturated heterocycles. The Balaban J connectivity index is 1.73. The quantitative estimate of drug-likeness (QED) is 0.839. The minimum absolute atomic E-state index is 0.169. The van der Waals surface area contributed by atoms with Gasteiger partial charge in [0.25, 0.3) is 0 Å². The molecule has 1 heterocycles. The number of halogens is 1. The van der Waals surface area contributed by atoms with Crippen molar-refractivity contribution in [1.82, 2.24) is 4.90 Å². The Hall–Kier alpha value is -2.13. The Morgan fingerprint density at radius 3 is 2.77 bits per heavy atom. The fourth-order valence-corrected chi connectivity index (χ4v) is 2.95. The lowest BCUT2D eigenvalue weighted by Gasteiger charge is -2.14.